The predicted molar refractivity (Wildman–Crippen MR) is 128 cm³/mol. The predicted octanol–water partition coefficient (Wildman–Crippen LogP) is 1.26. The molecule has 0 atom stereocenters. The second-order valence-electron chi connectivity index (χ2n) is 8.14. The van der Waals surface area contributed by atoms with E-state index in [0.717, 1.165) is 31.7 Å². The molecule has 0 unspecified atom stereocenters. The van der Waals surface area contributed by atoms with Gasteiger partial charge >= 0.3 is 10.2 Å². The minimum absolute atomic E-state index is 0.0536. The lowest BCUT2D eigenvalue weighted by molar-refractivity contribution is 0.100. The van der Waals surface area contributed by atoms with Gasteiger partial charge in [0.25, 0.3) is 0 Å². The third kappa shape index (κ3) is 6.14. The molecule has 0 aromatic heterocycles. The Bertz CT molecular complexity index is 974. The highest BCUT2D eigenvalue weighted by Gasteiger charge is 2.28. The first-order valence-corrected chi connectivity index (χ1v) is 12.2. The topological polar surface area (TPSA) is 90.2 Å². The standard InChI is InChI=1S/C23H33N5O3S/c1-25-12-15-27(16-13-25)17-14-26(2)32(30,31)28(22-6-4-3-5-7-22)19-20-8-10-21(11-9-20)23(29)18-24/h3-11H,12-19,24H2,1-2H3. The van der Waals surface area contributed by atoms with Gasteiger partial charge in [-0.25, -0.2) is 0 Å². The number of hydrogen-bond acceptors (Lipinski definition) is 6. The molecule has 0 aliphatic carbocycles. The summed E-state index contributed by atoms with van der Waals surface area (Å²) in [7, 11) is -0.0217. The minimum Gasteiger partial charge on any atom is -0.324 e. The van der Waals surface area contributed by atoms with Gasteiger partial charge in [0.1, 0.15) is 0 Å². The van der Waals surface area contributed by atoms with Crippen LogP contribution in [0.3, 0.4) is 0 Å². The molecule has 3 rings (SSSR count). The molecule has 8 nitrogen and oxygen atoms in total. The third-order valence-electron chi connectivity index (χ3n) is 5.83. The fraction of sp³-hybridized carbons (Fsp3) is 0.435. The molecular formula is C23H33N5O3S. The Hall–Kier alpha value is -2.30. The van der Waals surface area contributed by atoms with Crippen molar-refractivity contribution in [2.45, 2.75) is 6.54 Å². The van der Waals surface area contributed by atoms with Crippen molar-refractivity contribution in [1.29, 1.82) is 0 Å². The van der Waals surface area contributed by atoms with Crippen LogP contribution in [0.5, 0.6) is 0 Å². The van der Waals surface area contributed by atoms with Crippen LogP contribution in [0.25, 0.3) is 0 Å². The molecule has 1 fully saturated rings. The molecule has 1 heterocycles. The Balaban J connectivity index is 1.76. The fourth-order valence-corrected chi connectivity index (χ4v) is 4.97. The smallest absolute Gasteiger partial charge is 0.304 e. The lowest BCUT2D eigenvalue weighted by Crippen LogP contribution is -2.49. The van der Waals surface area contributed by atoms with Gasteiger partial charge in [-0.05, 0) is 24.7 Å². The average molecular weight is 460 g/mol. The molecule has 32 heavy (non-hydrogen) atoms. The lowest BCUT2D eigenvalue weighted by atomic mass is 10.1. The van der Waals surface area contributed by atoms with Gasteiger partial charge in [0, 0.05) is 51.9 Å². The van der Waals surface area contributed by atoms with Crippen LogP contribution in [0.4, 0.5) is 5.69 Å². The molecule has 2 N–H and O–H groups in total. The van der Waals surface area contributed by atoms with E-state index in [2.05, 4.69) is 16.8 Å². The summed E-state index contributed by atoms with van der Waals surface area (Å²) in [6, 6.07) is 16.0. The van der Waals surface area contributed by atoms with E-state index in [0.29, 0.717) is 24.3 Å². The van der Waals surface area contributed by atoms with E-state index in [1.54, 1.807) is 43.4 Å². The van der Waals surface area contributed by atoms with Crippen molar-refractivity contribution in [3.05, 3.63) is 65.7 Å². The number of carbonyl (C=O) groups is 1. The summed E-state index contributed by atoms with van der Waals surface area (Å²) in [5, 5.41) is 0. The normalized spacial score (nSPS) is 15.8. The van der Waals surface area contributed by atoms with E-state index in [-0.39, 0.29) is 18.9 Å². The second kappa shape index (κ2) is 11.0. The largest absolute Gasteiger partial charge is 0.324 e. The molecule has 0 bridgehead atoms. The van der Waals surface area contributed by atoms with Gasteiger partial charge in [0.2, 0.25) is 0 Å². The first-order valence-electron chi connectivity index (χ1n) is 10.8. The highest BCUT2D eigenvalue weighted by atomic mass is 32.2. The van der Waals surface area contributed by atoms with Crippen LogP contribution in [0, 0.1) is 0 Å². The number of Topliss-reactive ketones (excluding diaryl/α,β-unsaturated/α-hetero) is 1. The number of piperazine rings is 1. The summed E-state index contributed by atoms with van der Waals surface area (Å²) in [5.41, 5.74) is 7.34. The number of benzene rings is 2. The molecule has 9 heteroatoms. The first kappa shape index (κ1) is 24.3. The number of nitrogens with zero attached hydrogens (tertiary/aromatic N) is 4. The van der Waals surface area contributed by atoms with Crippen molar-refractivity contribution in [3.8, 4) is 0 Å². The number of nitrogens with two attached hydrogens (primary N) is 1. The molecular weight excluding hydrogens is 426 g/mol. The summed E-state index contributed by atoms with van der Waals surface area (Å²) in [6.45, 7) is 5.11. The Morgan fingerprint density at radius 2 is 1.62 bits per heavy atom. The van der Waals surface area contributed by atoms with Crippen LogP contribution in [0.1, 0.15) is 15.9 Å². The number of hydrogen-bond donors (Lipinski definition) is 1. The number of ketones is 1. The van der Waals surface area contributed by atoms with Crippen molar-refractivity contribution in [2.75, 3.05) is 64.2 Å². The van der Waals surface area contributed by atoms with E-state index in [4.69, 9.17) is 5.73 Å². The van der Waals surface area contributed by atoms with E-state index in [1.165, 1.54) is 8.61 Å². The summed E-state index contributed by atoms with van der Waals surface area (Å²) in [6.07, 6.45) is 0. The van der Waals surface area contributed by atoms with E-state index >= 15 is 0 Å². The van der Waals surface area contributed by atoms with Crippen molar-refractivity contribution in [2.24, 2.45) is 5.73 Å². The van der Waals surface area contributed by atoms with Crippen LogP contribution in [0.15, 0.2) is 54.6 Å². The van der Waals surface area contributed by atoms with Gasteiger partial charge in [-0.15, -0.1) is 0 Å². The maximum Gasteiger partial charge on any atom is 0.304 e. The molecule has 0 saturated carbocycles. The maximum atomic E-state index is 13.5. The Labute approximate surface area is 191 Å². The SMILES string of the molecule is CN1CCN(CCN(C)S(=O)(=O)N(Cc2ccc(C(=O)CN)cc2)c2ccccc2)CC1. The van der Waals surface area contributed by atoms with Gasteiger partial charge in [-0.2, -0.15) is 12.7 Å². The van der Waals surface area contributed by atoms with Crippen LogP contribution in [0.2, 0.25) is 0 Å². The molecule has 0 radical (unpaired) electrons. The molecule has 1 aliphatic rings. The molecule has 174 valence electrons. The highest BCUT2D eigenvalue weighted by molar-refractivity contribution is 7.90. The summed E-state index contributed by atoms with van der Waals surface area (Å²) in [5.74, 6) is -0.146. The minimum atomic E-state index is -3.75. The van der Waals surface area contributed by atoms with Crippen molar-refractivity contribution in [1.82, 2.24) is 14.1 Å². The summed E-state index contributed by atoms with van der Waals surface area (Å²) in [4.78, 5) is 16.4. The van der Waals surface area contributed by atoms with Gasteiger partial charge in [-0.1, -0.05) is 42.5 Å². The number of rotatable bonds is 10. The van der Waals surface area contributed by atoms with E-state index in [1.807, 2.05) is 18.2 Å². The van der Waals surface area contributed by atoms with Crippen LogP contribution < -0.4 is 10.0 Å². The molecule has 1 aliphatic heterocycles. The second-order valence-corrected chi connectivity index (χ2v) is 10.1. The van der Waals surface area contributed by atoms with Gasteiger partial charge < -0.3 is 10.6 Å². The number of anilines is 1. The Morgan fingerprint density at radius 1 is 1.00 bits per heavy atom. The van der Waals surface area contributed by atoms with Gasteiger partial charge in [0.05, 0.1) is 18.8 Å². The van der Waals surface area contributed by atoms with Gasteiger partial charge in [0.15, 0.2) is 5.78 Å². The zero-order valence-corrected chi connectivity index (χ0v) is 19.7. The zero-order chi connectivity index (χ0) is 23.1. The first-order chi connectivity index (χ1) is 15.3. The molecule has 1 saturated heterocycles. The molecule has 2 aromatic carbocycles. The summed E-state index contributed by atoms with van der Waals surface area (Å²) >= 11 is 0. The summed E-state index contributed by atoms with van der Waals surface area (Å²) < 4.78 is 29.9. The number of para-hydroxylation sites is 1. The monoisotopic (exact) mass is 459 g/mol. The number of likely N-dealkylation sites (N-methyl/N-ethyl adjacent to an activating group) is 2. The van der Waals surface area contributed by atoms with Crippen molar-refractivity contribution >= 4 is 21.7 Å². The van der Waals surface area contributed by atoms with Crippen molar-refractivity contribution < 1.29 is 13.2 Å². The third-order valence-corrected chi connectivity index (χ3v) is 7.70. The highest BCUT2D eigenvalue weighted by Crippen LogP contribution is 2.23. The fourth-order valence-electron chi connectivity index (χ4n) is 3.62. The average Bonchev–Trinajstić information content (AvgIpc) is 2.82. The van der Waals surface area contributed by atoms with E-state index in [9.17, 15) is 13.2 Å². The molecule has 0 spiro atoms. The Kier molecular flexibility index (Phi) is 8.38. The quantitative estimate of drug-likeness (QED) is 0.538. The zero-order valence-electron chi connectivity index (χ0n) is 18.9. The lowest BCUT2D eigenvalue weighted by Gasteiger charge is -2.34. The van der Waals surface area contributed by atoms with Crippen molar-refractivity contribution in [3.63, 3.8) is 0 Å². The van der Waals surface area contributed by atoms with Crippen LogP contribution in [-0.2, 0) is 16.8 Å². The van der Waals surface area contributed by atoms with Gasteiger partial charge in [-0.3, -0.25) is 14.0 Å². The molecule has 2 aromatic rings. The number of carbonyl (C=O) groups excluding carboxylic acids is 1. The molecule has 0 amide bonds. The van der Waals surface area contributed by atoms with Crippen LogP contribution in [-0.4, -0.2) is 88.2 Å². The van der Waals surface area contributed by atoms with E-state index < -0.39 is 10.2 Å². The van der Waals surface area contributed by atoms with Crippen LogP contribution >= 0.6 is 0 Å². The maximum absolute atomic E-state index is 13.5. The Morgan fingerprint density at radius 3 is 2.22 bits per heavy atom.